The van der Waals surface area contributed by atoms with Crippen LogP contribution in [-0.4, -0.2) is 24.5 Å². The molecule has 0 aliphatic rings. The Balaban J connectivity index is 2.29. The third-order valence-corrected chi connectivity index (χ3v) is 3.27. The average molecular weight is 285 g/mol. The van der Waals surface area contributed by atoms with Crippen LogP contribution in [0.3, 0.4) is 0 Å². The summed E-state index contributed by atoms with van der Waals surface area (Å²) in [5, 5.41) is 0. The van der Waals surface area contributed by atoms with Gasteiger partial charge in [-0.15, -0.1) is 0 Å². The minimum absolute atomic E-state index is 0.590. The lowest BCUT2D eigenvalue weighted by atomic mass is 10.2. The van der Waals surface area contributed by atoms with Gasteiger partial charge in [-0.2, -0.15) is 0 Å². The molecule has 0 fully saturated rings. The summed E-state index contributed by atoms with van der Waals surface area (Å²) < 4.78 is 6.09. The molecule has 0 N–H and O–H groups in total. The number of rotatable bonds is 4. The van der Waals surface area contributed by atoms with E-state index in [0.717, 1.165) is 17.0 Å². The van der Waals surface area contributed by atoms with Gasteiger partial charge in [0, 0.05) is 12.4 Å². The number of aliphatic imine (C=N–C) groups is 1. The normalized spacial score (nSPS) is 11.8. The molecule has 0 unspecified atom stereocenters. The first-order valence-electron chi connectivity index (χ1n) is 6.55. The van der Waals surface area contributed by atoms with Gasteiger partial charge in [0.1, 0.15) is 11.4 Å². The van der Waals surface area contributed by atoms with Crippen LogP contribution < -0.4 is 4.43 Å². The smallest absolute Gasteiger partial charge is 0.242 e. The number of aromatic nitrogens is 2. The molecule has 0 bridgehead atoms. The molecule has 0 aliphatic heterocycles. The van der Waals surface area contributed by atoms with Gasteiger partial charge >= 0.3 is 0 Å². The topological polar surface area (TPSA) is 47.4 Å². The van der Waals surface area contributed by atoms with Crippen molar-refractivity contribution in [2.24, 2.45) is 4.99 Å². The van der Waals surface area contributed by atoms with Crippen molar-refractivity contribution in [2.45, 2.75) is 26.6 Å². The van der Waals surface area contributed by atoms with Crippen molar-refractivity contribution in [1.82, 2.24) is 9.97 Å². The van der Waals surface area contributed by atoms with Crippen LogP contribution in [0.15, 0.2) is 41.7 Å². The van der Waals surface area contributed by atoms with Crippen molar-refractivity contribution >= 4 is 20.2 Å². The molecular formula is C15H19N3OSi. The molecule has 4 nitrogen and oxygen atoms in total. The molecule has 0 radical (unpaired) electrons. The standard InChI is InChI=1S/C15H19N3OSi/c1-12-6-7-13(14(10-12)19-20(2,3)4)18-11-15-16-8-5-9-17-15/h5-11H,1-4H3. The molecule has 5 heteroatoms. The van der Waals surface area contributed by atoms with Crippen LogP contribution in [0.2, 0.25) is 19.6 Å². The van der Waals surface area contributed by atoms with Gasteiger partial charge in [0.2, 0.25) is 8.32 Å². The molecule has 0 saturated carbocycles. The Hall–Kier alpha value is -2.01. The minimum atomic E-state index is -1.67. The molecule has 2 aromatic rings. The molecule has 0 atom stereocenters. The van der Waals surface area contributed by atoms with Gasteiger partial charge in [-0.3, -0.25) is 0 Å². The van der Waals surface area contributed by atoms with E-state index in [9.17, 15) is 0 Å². The average Bonchev–Trinajstić information content (AvgIpc) is 2.37. The maximum atomic E-state index is 6.09. The Morgan fingerprint density at radius 3 is 2.50 bits per heavy atom. The molecule has 0 spiro atoms. The second-order valence-corrected chi connectivity index (χ2v) is 9.98. The number of hydrogen-bond acceptors (Lipinski definition) is 4. The highest BCUT2D eigenvalue weighted by atomic mass is 28.4. The van der Waals surface area contributed by atoms with Crippen molar-refractivity contribution in [3.05, 3.63) is 48.0 Å². The first-order valence-corrected chi connectivity index (χ1v) is 9.96. The zero-order valence-electron chi connectivity index (χ0n) is 12.3. The lowest BCUT2D eigenvalue weighted by Crippen LogP contribution is -2.29. The van der Waals surface area contributed by atoms with Gasteiger partial charge in [0.05, 0.1) is 6.21 Å². The molecule has 20 heavy (non-hydrogen) atoms. The Labute approximate surface area is 120 Å². The quantitative estimate of drug-likeness (QED) is 0.635. The number of aryl methyl sites for hydroxylation is 1. The Bertz CT molecular complexity index is 606. The number of hydrogen-bond donors (Lipinski definition) is 0. The number of nitrogens with zero attached hydrogens (tertiary/aromatic N) is 3. The highest BCUT2D eigenvalue weighted by molar-refractivity contribution is 6.70. The first kappa shape index (κ1) is 14.4. The first-order chi connectivity index (χ1) is 9.44. The summed E-state index contributed by atoms with van der Waals surface area (Å²) in [7, 11) is -1.67. The highest BCUT2D eigenvalue weighted by Gasteiger charge is 2.18. The maximum Gasteiger partial charge on any atom is 0.242 e. The zero-order valence-corrected chi connectivity index (χ0v) is 13.3. The van der Waals surface area contributed by atoms with Crippen LogP contribution in [-0.2, 0) is 0 Å². The van der Waals surface area contributed by atoms with Gasteiger partial charge in [-0.25, -0.2) is 15.0 Å². The van der Waals surface area contributed by atoms with E-state index in [2.05, 4.69) is 34.6 Å². The second kappa shape index (κ2) is 5.96. The van der Waals surface area contributed by atoms with E-state index >= 15 is 0 Å². The molecule has 1 heterocycles. The summed E-state index contributed by atoms with van der Waals surface area (Å²) >= 11 is 0. The molecule has 0 saturated heterocycles. The molecule has 1 aromatic heterocycles. The largest absolute Gasteiger partial charge is 0.543 e. The predicted octanol–water partition coefficient (Wildman–Crippen LogP) is 3.75. The fourth-order valence-electron chi connectivity index (χ4n) is 1.64. The molecular weight excluding hydrogens is 266 g/mol. The maximum absolute atomic E-state index is 6.09. The second-order valence-electron chi connectivity index (χ2n) is 5.55. The third-order valence-electron chi connectivity index (χ3n) is 2.44. The highest BCUT2D eigenvalue weighted by Crippen LogP contribution is 2.30. The number of benzene rings is 1. The minimum Gasteiger partial charge on any atom is -0.543 e. The van der Waals surface area contributed by atoms with E-state index < -0.39 is 8.32 Å². The van der Waals surface area contributed by atoms with Crippen LogP contribution in [0.4, 0.5) is 5.69 Å². The van der Waals surface area contributed by atoms with Gasteiger partial charge < -0.3 is 4.43 Å². The van der Waals surface area contributed by atoms with Crippen LogP contribution in [0, 0.1) is 6.92 Å². The van der Waals surface area contributed by atoms with Crippen LogP contribution >= 0.6 is 0 Å². The van der Waals surface area contributed by atoms with Gasteiger partial charge in [0.25, 0.3) is 0 Å². The van der Waals surface area contributed by atoms with Crippen molar-refractivity contribution in [1.29, 1.82) is 0 Å². The fraction of sp³-hybridized carbons (Fsp3) is 0.267. The van der Waals surface area contributed by atoms with Crippen molar-refractivity contribution in [2.75, 3.05) is 0 Å². The van der Waals surface area contributed by atoms with E-state index in [1.807, 2.05) is 25.1 Å². The van der Waals surface area contributed by atoms with E-state index in [0.29, 0.717) is 5.82 Å². The van der Waals surface area contributed by atoms with Gasteiger partial charge in [-0.1, -0.05) is 6.07 Å². The van der Waals surface area contributed by atoms with Crippen LogP contribution in [0.25, 0.3) is 0 Å². The lowest BCUT2D eigenvalue weighted by molar-refractivity contribution is 0.558. The van der Waals surface area contributed by atoms with Crippen LogP contribution in [0.5, 0.6) is 5.75 Å². The van der Waals surface area contributed by atoms with E-state index in [1.54, 1.807) is 24.7 Å². The summed E-state index contributed by atoms with van der Waals surface area (Å²) in [6.45, 7) is 8.51. The van der Waals surface area contributed by atoms with Crippen molar-refractivity contribution in [3.63, 3.8) is 0 Å². The molecule has 1 aromatic carbocycles. The Morgan fingerprint density at radius 1 is 1.15 bits per heavy atom. The lowest BCUT2D eigenvalue weighted by Gasteiger charge is -2.20. The molecule has 0 aliphatic carbocycles. The van der Waals surface area contributed by atoms with E-state index in [4.69, 9.17) is 4.43 Å². The van der Waals surface area contributed by atoms with Crippen molar-refractivity contribution < 1.29 is 4.43 Å². The zero-order chi connectivity index (χ0) is 14.6. The molecule has 0 amide bonds. The van der Waals surface area contributed by atoms with Gasteiger partial charge in [0.15, 0.2) is 5.82 Å². The summed E-state index contributed by atoms with van der Waals surface area (Å²) in [5.74, 6) is 1.42. The fourth-order valence-corrected chi connectivity index (χ4v) is 2.47. The van der Waals surface area contributed by atoms with E-state index in [-0.39, 0.29) is 0 Å². The monoisotopic (exact) mass is 285 g/mol. The van der Waals surface area contributed by atoms with Gasteiger partial charge in [-0.05, 0) is 50.3 Å². The molecule has 2 rings (SSSR count). The Morgan fingerprint density at radius 2 is 1.85 bits per heavy atom. The Kier molecular flexibility index (Phi) is 4.29. The SMILES string of the molecule is Cc1ccc(N=Cc2ncccn2)c(O[Si](C)(C)C)c1. The summed E-state index contributed by atoms with van der Waals surface area (Å²) in [6.07, 6.45) is 5.05. The predicted molar refractivity (Wildman–Crippen MR) is 84.4 cm³/mol. The summed E-state index contributed by atoms with van der Waals surface area (Å²) in [4.78, 5) is 12.7. The van der Waals surface area contributed by atoms with Crippen molar-refractivity contribution in [3.8, 4) is 5.75 Å². The third kappa shape index (κ3) is 4.27. The van der Waals surface area contributed by atoms with Crippen LogP contribution in [0.1, 0.15) is 11.4 Å². The van der Waals surface area contributed by atoms with E-state index in [1.165, 1.54) is 0 Å². The summed E-state index contributed by atoms with van der Waals surface area (Å²) in [6, 6.07) is 7.79. The molecule has 104 valence electrons. The summed E-state index contributed by atoms with van der Waals surface area (Å²) in [5.41, 5.74) is 1.97.